The van der Waals surface area contributed by atoms with Crippen molar-refractivity contribution < 1.29 is 4.79 Å². The van der Waals surface area contributed by atoms with E-state index in [2.05, 4.69) is 15.3 Å². The molecule has 1 atom stereocenters. The second-order valence-electron chi connectivity index (χ2n) is 5.45. The van der Waals surface area contributed by atoms with Crippen molar-refractivity contribution in [2.75, 3.05) is 5.32 Å². The van der Waals surface area contributed by atoms with Crippen LogP contribution in [0.1, 0.15) is 31.5 Å². The number of nitrogens with one attached hydrogen (secondary N) is 2. The Balaban J connectivity index is 2.09. The summed E-state index contributed by atoms with van der Waals surface area (Å²) in [5.74, 6) is -0.172. The molecule has 24 heavy (non-hydrogen) atoms. The molecule has 7 heteroatoms. The number of aromatic nitrogens is 2. The molecule has 0 radical (unpaired) electrons. The molecule has 0 aliphatic heterocycles. The highest BCUT2D eigenvalue weighted by atomic mass is 35.5. The summed E-state index contributed by atoms with van der Waals surface area (Å²) in [6.45, 7) is 5.65. The Hall–Kier alpha value is -1.79. The lowest BCUT2D eigenvalue weighted by molar-refractivity contribution is -0.115. The van der Waals surface area contributed by atoms with Crippen molar-refractivity contribution in [3.8, 4) is 0 Å². The van der Waals surface area contributed by atoms with Crippen LogP contribution in [-0.2, 0) is 11.2 Å². The Morgan fingerprint density at radius 1 is 1.46 bits per heavy atom. The molecule has 0 saturated heterocycles. The van der Waals surface area contributed by atoms with Crippen LogP contribution < -0.4 is 10.9 Å². The van der Waals surface area contributed by atoms with E-state index in [0.717, 1.165) is 24.1 Å². The minimum atomic E-state index is -0.414. The molecule has 2 aromatic rings. The third kappa shape index (κ3) is 4.85. The minimum Gasteiger partial charge on any atom is -0.325 e. The van der Waals surface area contributed by atoms with E-state index in [1.54, 1.807) is 25.1 Å². The summed E-state index contributed by atoms with van der Waals surface area (Å²) >= 11 is 7.29. The van der Waals surface area contributed by atoms with Crippen molar-refractivity contribution in [1.29, 1.82) is 0 Å². The second kappa shape index (κ2) is 8.35. The highest BCUT2D eigenvalue weighted by Crippen LogP contribution is 2.25. The molecule has 1 aromatic heterocycles. The van der Waals surface area contributed by atoms with Crippen LogP contribution in [-0.4, -0.2) is 21.1 Å². The van der Waals surface area contributed by atoms with Gasteiger partial charge in [-0.3, -0.25) is 9.59 Å². The lowest BCUT2D eigenvalue weighted by Crippen LogP contribution is -2.23. The summed E-state index contributed by atoms with van der Waals surface area (Å²) in [5, 5.41) is 3.51. The van der Waals surface area contributed by atoms with Crippen LogP contribution in [0.3, 0.4) is 0 Å². The maximum atomic E-state index is 12.4. The van der Waals surface area contributed by atoms with Gasteiger partial charge in [-0.15, -0.1) is 0 Å². The average Bonchev–Trinajstić information content (AvgIpc) is 2.51. The normalized spacial score (nSPS) is 12.0. The Labute approximate surface area is 150 Å². The number of rotatable bonds is 6. The molecule has 0 bridgehead atoms. The SMILES string of the molecule is CCCc1cc(=O)[nH]c(SC(C)C(=O)Nc2cccc(Cl)c2C)n1. The lowest BCUT2D eigenvalue weighted by Gasteiger charge is -2.14. The summed E-state index contributed by atoms with van der Waals surface area (Å²) in [4.78, 5) is 31.1. The highest BCUT2D eigenvalue weighted by molar-refractivity contribution is 8.00. The number of carbonyl (C=O) groups excluding carboxylic acids is 1. The van der Waals surface area contributed by atoms with Crippen LogP contribution in [0.2, 0.25) is 5.02 Å². The van der Waals surface area contributed by atoms with Gasteiger partial charge in [0.25, 0.3) is 5.56 Å². The Bertz CT molecular complexity index is 792. The van der Waals surface area contributed by atoms with E-state index in [1.165, 1.54) is 17.8 Å². The molecule has 1 unspecified atom stereocenters. The van der Waals surface area contributed by atoms with Crippen molar-refractivity contribution in [2.45, 2.75) is 44.0 Å². The molecule has 0 aliphatic rings. The van der Waals surface area contributed by atoms with E-state index >= 15 is 0 Å². The van der Waals surface area contributed by atoms with Gasteiger partial charge < -0.3 is 10.3 Å². The first-order chi connectivity index (χ1) is 11.4. The summed E-state index contributed by atoms with van der Waals surface area (Å²) in [6.07, 6.45) is 1.64. The standard InChI is InChI=1S/C17H20ClN3O2S/c1-4-6-12-9-15(22)21-17(19-12)24-11(3)16(23)20-14-8-5-7-13(18)10(14)2/h5,7-9,11H,4,6H2,1-3H3,(H,20,23)(H,19,21,22). The van der Waals surface area contributed by atoms with Gasteiger partial charge in [-0.05, 0) is 38.0 Å². The fourth-order valence-electron chi connectivity index (χ4n) is 2.12. The zero-order chi connectivity index (χ0) is 17.7. The van der Waals surface area contributed by atoms with Crippen molar-refractivity contribution in [2.24, 2.45) is 0 Å². The predicted octanol–water partition coefficient (Wildman–Crippen LogP) is 3.80. The molecular weight excluding hydrogens is 346 g/mol. The van der Waals surface area contributed by atoms with Crippen LogP contribution in [0.15, 0.2) is 34.2 Å². The summed E-state index contributed by atoms with van der Waals surface area (Å²) in [5.41, 5.74) is 2.04. The van der Waals surface area contributed by atoms with Crippen molar-refractivity contribution in [3.05, 3.63) is 50.9 Å². The minimum absolute atomic E-state index is 0.172. The number of hydrogen-bond acceptors (Lipinski definition) is 4. The van der Waals surface area contributed by atoms with Gasteiger partial charge >= 0.3 is 0 Å². The predicted molar refractivity (Wildman–Crippen MR) is 99.0 cm³/mol. The van der Waals surface area contributed by atoms with Crippen molar-refractivity contribution in [3.63, 3.8) is 0 Å². The molecule has 2 N–H and O–H groups in total. The fraction of sp³-hybridized carbons (Fsp3) is 0.353. The van der Waals surface area contributed by atoms with Gasteiger partial charge in [0.2, 0.25) is 5.91 Å². The average molecular weight is 366 g/mol. The van der Waals surface area contributed by atoms with Crippen LogP contribution in [0.25, 0.3) is 0 Å². The van der Waals surface area contributed by atoms with Crippen LogP contribution in [0.5, 0.6) is 0 Å². The molecule has 128 valence electrons. The van der Waals surface area contributed by atoms with E-state index in [1.807, 2.05) is 13.8 Å². The molecule has 1 aromatic carbocycles. The highest BCUT2D eigenvalue weighted by Gasteiger charge is 2.17. The van der Waals surface area contributed by atoms with E-state index in [9.17, 15) is 9.59 Å². The number of hydrogen-bond donors (Lipinski definition) is 2. The summed E-state index contributed by atoms with van der Waals surface area (Å²) in [7, 11) is 0. The van der Waals surface area contributed by atoms with E-state index in [4.69, 9.17) is 11.6 Å². The van der Waals surface area contributed by atoms with Crippen molar-refractivity contribution >= 4 is 35.0 Å². The summed E-state index contributed by atoms with van der Waals surface area (Å²) < 4.78 is 0. The van der Waals surface area contributed by atoms with Crippen LogP contribution in [0.4, 0.5) is 5.69 Å². The first kappa shape index (κ1) is 18.5. The van der Waals surface area contributed by atoms with Gasteiger partial charge in [0.15, 0.2) is 5.16 Å². The smallest absolute Gasteiger partial charge is 0.251 e. The van der Waals surface area contributed by atoms with Gasteiger partial charge in [0.1, 0.15) is 0 Å². The fourth-order valence-corrected chi connectivity index (χ4v) is 3.13. The number of amides is 1. The first-order valence-electron chi connectivity index (χ1n) is 7.73. The number of aryl methyl sites for hydroxylation is 1. The zero-order valence-corrected chi connectivity index (χ0v) is 15.4. The number of thioether (sulfide) groups is 1. The number of H-pyrrole nitrogens is 1. The monoisotopic (exact) mass is 365 g/mol. The third-order valence-electron chi connectivity index (χ3n) is 3.46. The molecule has 1 amide bonds. The molecular formula is C17H20ClN3O2S. The lowest BCUT2D eigenvalue weighted by atomic mass is 10.2. The Morgan fingerprint density at radius 3 is 2.92 bits per heavy atom. The molecule has 0 fully saturated rings. The molecule has 2 rings (SSSR count). The van der Waals surface area contributed by atoms with Crippen LogP contribution in [0, 0.1) is 6.92 Å². The number of benzene rings is 1. The largest absolute Gasteiger partial charge is 0.325 e. The number of halogens is 1. The Kier molecular flexibility index (Phi) is 6.45. The van der Waals surface area contributed by atoms with E-state index in [-0.39, 0.29) is 11.5 Å². The molecule has 5 nitrogen and oxygen atoms in total. The van der Waals surface area contributed by atoms with E-state index < -0.39 is 5.25 Å². The molecule has 0 aliphatic carbocycles. The quantitative estimate of drug-likeness (QED) is 0.603. The zero-order valence-electron chi connectivity index (χ0n) is 13.9. The van der Waals surface area contributed by atoms with Gasteiger partial charge in [-0.2, -0.15) is 0 Å². The van der Waals surface area contributed by atoms with Crippen LogP contribution >= 0.6 is 23.4 Å². The molecule has 0 spiro atoms. The third-order valence-corrected chi connectivity index (χ3v) is 4.86. The first-order valence-corrected chi connectivity index (χ1v) is 8.99. The van der Waals surface area contributed by atoms with E-state index in [0.29, 0.717) is 15.9 Å². The second-order valence-corrected chi connectivity index (χ2v) is 7.19. The number of aromatic amines is 1. The maximum absolute atomic E-state index is 12.4. The van der Waals surface area contributed by atoms with Gasteiger partial charge in [0.05, 0.1) is 5.25 Å². The van der Waals surface area contributed by atoms with Gasteiger partial charge in [-0.1, -0.05) is 42.8 Å². The molecule has 1 heterocycles. The molecule has 0 saturated carbocycles. The van der Waals surface area contributed by atoms with Gasteiger partial charge in [-0.25, -0.2) is 4.98 Å². The number of carbonyl (C=O) groups is 1. The topological polar surface area (TPSA) is 74.8 Å². The number of anilines is 1. The maximum Gasteiger partial charge on any atom is 0.251 e. The Morgan fingerprint density at radius 2 is 2.21 bits per heavy atom. The van der Waals surface area contributed by atoms with Gasteiger partial charge in [0, 0.05) is 22.5 Å². The van der Waals surface area contributed by atoms with Crippen molar-refractivity contribution in [1.82, 2.24) is 9.97 Å². The number of nitrogens with zero attached hydrogens (tertiary/aromatic N) is 1. The summed E-state index contributed by atoms with van der Waals surface area (Å²) in [6, 6.07) is 6.86.